The van der Waals surface area contributed by atoms with Crippen LogP contribution in [0, 0.1) is 11.8 Å². The van der Waals surface area contributed by atoms with Crippen LogP contribution in [0.3, 0.4) is 0 Å². The molecule has 0 amide bonds. The molecule has 0 aliphatic carbocycles. The number of nitrogens with zero attached hydrogens (tertiary/aromatic N) is 1. The second kappa shape index (κ2) is 8.60. The monoisotopic (exact) mass is 217 g/mol. The molecule has 0 radical (unpaired) electrons. The van der Waals surface area contributed by atoms with Crippen LogP contribution in [-0.2, 0) is 0 Å². The largest absolute Gasteiger partial charge is 0.303 e. The van der Waals surface area contributed by atoms with Gasteiger partial charge in [0.05, 0.1) is 0 Å². The van der Waals surface area contributed by atoms with Crippen LogP contribution in [0.5, 0.6) is 0 Å². The summed E-state index contributed by atoms with van der Waals surface area (Å²) in [6.45, 7) is 12.8. The van der Waals surface area contributed by atoms with Gasteiger partial charge in [0.2, 0.25) is 0 Å². The van der Waals surface area contributed by atoms with Crippen LogP contribution in [0.1, 0.15) is 40.5 Å². The highest BCUT2D eigenvalue weighted by Crippen LogP contribution is 2.14. The van der Waals surface area contributed by atoms with E-state index in [1.54, 1.807) is 0 Å². The first-order chi connectivity index (χ1) is 6.65. The molecule has 86 valence electrons. The van der Waals surface area contributed by atoms with Crippen molar-refractivity contribution < 1.29 is 0 Å². The highest BCUT2D eigenvalue weighted by atomic mass is 32.1. The Labute approximate surface area is 95.7 Å². The van der Waals surface area contributed by atoms with Crippen molar-refractivity contribution in [3.05, 3.63) is 0 Å². The SMILES string of the molecule is CCCCN(CC)CC(CS)C(C)C. The molecule has 0 fully saturated rings. The third kappa shape index (κ3) is 5.92. The maximum atomic E-state index is 4.43. The number of hydrogen-bond donors (Lipinski definition) is 1. The van der Waals surface area contributed by atoms with Crippen molar-refractivity contribution >= 4 is 12.6 Å². The summed E-state index contributed by atoms with van der Waals surface area (Å²) in [6, 6.07) is 0. The summed E-state index contributed by atoms with van der Waals surface area (Å²) in [5, 5.41) is 0. The van der Waals surface area contributed by atoms with Crippen molar-refractivity contribution in [2.75, 3.05) is 25.4 Å². The standard InChI is InChI=1S/C12H27NS/c1-5-7-8-13(6-2)9-12(10-14)11(3)4/h11-12,14H,5-10H2,1-4H3. The molecule has 1 unspecified atom stereocenters. The Hall–Kier alpha value is 0.310. The molecule has 0 bridgehead atoms. The molecule has 1 atom stereocenters. The van der Waals surface area contributed by atoms with Gasteiger partial charge >= 0.3 is 0 Å². The van der Waals surface area contributed by atoms with E-state index in [4.69, 9.17) is 0 Å². The Morgan fingerprint density at radius 2 is 1.86 bits per heavy atom. The molecule has 0 aromatic carbocycles. The lowest BCUT2D eigenvalue weighted by Crippen LogP contribution is -2.33. The van der Waals surface area contributed by atoms with Gasteiger partial charge in [-0.15, -0.1) is 0 Å². The minimum Gasteiger partial charge on any atom is -0.303 e. The van der Waals surface area contributed by atoms with Crippen LogP contribution in [0.2, 0.25) is 0 Å². The Morgan fingerprint density at radius 3 is 2.21 bits per heavy atom. The van der Waals surface area contributed by atoms with Gasteiger partial charge in [-0.3, -0.25) is 0 Å². The summed E-state index contributed by atoms with van der Waals surface area (Å²) in [6.07, 6.45) is 2.62. The van der Waals surface area contributed by atoms with Crippen molar-refractivity contribution in [2.24, 2.45) is 11.8 Å². The van der Waals surface area contributed by atoms with Gasteiger partial charge in [0.1, 0.15) is 0 Å². The lowest BCUT2D eigenvalue weighted by atomic mass is 9.97. The second-order valence-electron chi connectivity index (χ2n) is 4.43. The van der Waals surface area contributed by atoms with Gasteiger partial charge in [0.25, 0.3) is 0 Å². The molecule has 14 heavy (non-hydrogen) atoms. The minimum atomic E-state index is 0.745. The molecule has 0 aliphatic heterocycles. The lowest BCUT2D eigenvalue weighted by Gasteiger charge is -2.27. The number of hydrogen-bond acceptors (Lipinski definition) is 2. The molecule has 1 nitrogen and oxygen atoms in total. The molecule has 0 N–H and O–H groups in total. The van der Waals surface area contributed by atoms with E-state index in [1.165, 1.54) is 32.5 Å². The van der Waals surface area contributed by atoms with E-state index in [2.05, 4.69) is 45.2 Å². The van der Waals surface area contributed by atoms with E-state index in [1.807, 2.05) is 0 Å². The first-order valence-corrected chi connectivity index (χ1v) is 6.62. The number of thiol groups is 1. The normalized spacial score (nSPS) is 13.9. The van der Waals surface area contributed by atoms with Gasteiger partial charge in [-0.1, -0.05) is 34.1 Å². The third-order valence-electron chi connectivity index (χ3n) is 2.95. The quantitative estimate of drug-likeness (QED) is 0.611. The van der Waals surface area contributed by atoms with Gasteiger partial charge < -0.3 is 4.90 Å². The van der Waals surface area contributed by atoms with Crippen LogP contribution in [0.4, 0.5) is 0 Å². The fourth-order valence-electron chi connectivity index (χ4n) is 1.57. The average molecular weight is 217 g/mol. The fraction of sp³-hybridized carbons (Fsp3) is 1.00. The zero-order chi connectivity index (χ0) is 11.0. The second-order valence-corrected chi connectivity index (χ2v) is 4.80. The summed E-state index contributed by atoms with van der Waals surface area (Å²) in [5.74, 6) is 2.51. The Morgan fingerprint density at radius 1 is 1.21 bits per heavy atom. The van der Waals surface area contributed by atoms with Crippen LogP contribution < -0.4 is 0 Å². The molecule has 0 heterocycles. The van der Waals surface area contributed by atoms with E-state index in [9.17, 15) is 0 Å². The van der Waals surface area contributed by atoms with Gasteiger partial charge in [-0.05, 0) is 37.1 Å². The Balaban J connectivity index is 3.87. The molecule has 0 rings (SSSR count). The number of unbranched alkanes of at least 4 members (excludes halogenated alkanes) is 1. The highest BCUT2D eigenvalue weighted by Gasteiger charge is 2.14. The maximum absolute atomic E-state index is 4.43. The molecule has 2 heteroatoms. The third-order valence-corrected chi connectivity index (χ3v) is 3.41. The topological polar surface area (TPSA) is 3.24 Å². The van der Waals surface area contributed by atoms with Crippen LogP contribution >= 0.6 is 12.6 Å². The van der Waals surface area contributed by atoms with E-state index in [0.717, 1.165) is 17.6 Å². The van der Waals surface area contributed by atoms with Crippen LogP contribution in [-0.4, -0.2) is 30.3 Å². The van der Waals surface area contributed by atoms with Crippen LogP contribution in [0.15, 0.2) is 0 Å². The summed E-state index contributed by atoms with van der Waals surface area (Å²) < 4.78 is 0. The average Bonchev–Trinajstić information content (AvgIpc) is 2.18. The van der Waals surface area contributed by atoms with Crippen LogP contribution in [0.25, 0.3) is 0 Å². The maximum Gasteiger partial charge on any atom is 0.00198 e. The minimum absolute atomic E-state index is 0.745. The Bertz CT molecular complexity index is 125. The number of rotatable bonds is 8. The zero-order valence-corrected chi connectivity index (χ0v) is 11.2. The molecular formula is C12H27NS. The molecule has 0 saturated heterocycles. The summed E-state index contributed by atoms with van der Waals surface area (Å²) in [5.41, 5.74) is 0. The summed E-state index contributed by atoms with van der Waals surface area (Å²) >= 11 is 4.43. The van der Waals surface area contributed by atoms with Gasteiger partial charge in [0, 0.05) is 6.54 Å². The van der Waals surface area contributed by atoms with Gasteiger partial charge in [-0.25, -0.2) is 0 Å². The Kier molecular flexibility index (Phi) is 8.80. The summed E-state index contributed by atoms with van der Waals surface area (Å²) in [7, 11) is 0. The van der Waals surface area contributed by atoms with E-state index in [-0.39, 0.29) is 0 Å². The molecule has 0 aromatic heterocycles. The van der Waals surface area contributed by atoms with Gasteiger partial charge in [0.15, 0.2) is 0 Å². The van der Waals surface area contributed by atoms with E-state index in [0.29, 0.717) is 0 Å². The first-order valence-electron chi connectivity index (χ1n) is 5.98. The molecule has 0 aliphatic rings. The van der Waals surface area contributed by atoms with E-state index >= 15 is 0 Å². The van der Waals surface area contributed by atoms with Crippen molar-refractivity contribution in [3.8, 4) is 0 Å². The molecular weight excluding hydrogens is 190 g/mol. The van der Waals surface area contributed by atoms with E-state index < -0.39 is 0 Å². The molecule has 0 aromatic rings. The van der Waals surface area contributed by atoms with Gasteiger partial charge in [-0.2, -0.15) is 12.6 Å². The summed E-state index contributed by atoms with van der Waals surface area (Å²) in [4.78, 5) is 2.56. The fourth-order valence-corrected chi connectivity index (χ4v) is 2.11. The predicted octanol–water partition coefficient (Wildman–Crippen LogP) is 3.31. The molecule has 0 spiro atoms. The van der Waals surface area contributed by atoms with Crippen molar-refractivity contribution in [2.45, 2.75) is 40.5 Å². The van der Waals surface area contributed by atoms with Crippen molar-refractivity contribution in [1.82, 2.24) is 4.90 Å². The predicted molar refractivity (Wildman–Crippen MR) is 69.2 cm³/mol. The first kappa shape index (κ1) is 14.3. The molecule has 0 saturated carbocycles. The lowest BCUT2D eigenvalue weighted by molar-refractivity contribution is 0.220. The van der Waals surface area contributed by atoms with Crippen molar-refractivity contribution in [3.63, 3.8) is 0 Å². The zero-order valence-electron chi connectivity index (χ0n) is 10.3. The smallest absolute Gasteiger partial charge is 0.00198 e. The highest BCUT2D eigenvalue weighted by molar-refractivity contribution is 7.80. The van der Waals surface area contributed by atoms with Crippen molar-refractivity contribution in [1.29, 1.82) is 0 Å².